The van der Waals surface area contributed by atoms with Crippen LogP contribution in [0, 0.1) is 0 Å². The Hall–Kier alpha value is -2.71. The predicted octanol–water partition coefficient (Wildman–Crippen LogP) is 2.77. The average Bonchev–Trinajstić information content (AvgIpc) is 3.45. The molecule has 1 aromatic heterocycles. The van der Waals surface area contributed by atoms with Gasteiger partial charge in [-0.15, -0.1) is 11.3 Å². The molecule has 0 spiro atoms. The van der Waals surface area contributed by atoms with Crippen LogP contribution >= 0.6 is 11.3 Å². The van der Waals surface area contributed by atoms with Gasteiger partial charge in [-0.1, -0.05) is 43.3 Å². The van der Waals surface area contributed by atoms with Gasteiger partial charge >= 0.3 is 6.03 Å². The number of likely N-dealkylation sites (tertiary alicyclic amines) is 1. The van der Waals surface area contributed by atoms with Crippen LogP contribution in [0.25, 0.3) is 0 Å². The molecule has 0 bridgehead atoms. The van der Waals surface area contributed by atoms with Gasteiger partial charge in [0.1, 0.15) is 5.54 Å². The van der Waals surface area contributed by atoms with Crippen molar-refractivity contribution in [3.05, 3.63) is 58.3 Å². The lowest BCUT2D eigenvalue weighted by atomic mass is 9.87. The van der Waals surface area contributed by atoms with Crippen molar-refractivity contribution in [2.75, 3.05) is 13.1 Å². The molecule has 2 aliphatic heterocycles. The predicted molar refractivity (Wildman–Crippen MR) is 110 cm³/mol. The van der Waals surface area contributed by atoms with E-state index in [0.29, 0.717) is 12.0 Å². The topological polar surface area (TPSA) is 81.8 Å². The molecule has 0 saturated carbocycles. The summed E-state index contributed by atoms with van der Waals surface area (Å²) in [5.74, 6) is -0.822. The molecule has 0 aliphatic carbocycles. The third kappa shape index (κ3) is 3.54. The Balaban J connectivity index is 1.46. The third-order valence-electron chi connectivity index (χ3n) is 5.71. The molecular weight excluding hydrogens is 388 g/mol. The van der Waals surface area contributed by atoms with Crippen molar-refractivity contribution in [3.63, 3.8) is 0 Å². The zero-order valence-electron chi connectivity index (χ0n) is 16.3. The molecule has 2 aromatic rings. The number of carbonyl (C=O) groups is 3. The van der Waals surface area contributed by atoms with Gasteiger partial charge in [-0.25, -0.2) is 4.79 Å². The first-order chi connectivity index (χ1) is 14.0. The Kier molecular flexibility index (Phi) is 5.38. The molecular formula is C21H24N4O3S. The van der Waals surface area contributed by atoms with E-state index >= 15 is 0 Å². The van der Waals surface area contributed by atoms with Gasteiger partial charge in [0.05, 0.1) is 6.54 Å². The molecule has 7 nitrogen and oxygen atoms in total. The quantitative estimate of drug-likeness (QED) is 0.715. The standard InChI is InChI=1S/C21H24N4O3S/c1-2-21(15-8-4-3-5-9-15)19(27)25(20(28)22-21)23-18(26)14-24-12-6-10-16(24)17-11-7-13-29-17/h3-5,7-9,11,13,16H,2,6,10,12,14H2,1H3,(H,22,28)(H,23,26). The summed E-state index contributed by atoms with van der Waals surface area (Å²) in [6.07, 6.45) is 2.41. The zero-order valence-corrected chi connectivity index (χ0v) is 17.1. The van der Waals surface area contributed by atoms with E-state index in [1.54, 1.807) is 11.3 Å². The second kappa shape index (κ2) is 7.96. The number of thiophene rings is 1. The molecule has 2 aliphatic rings. The van der Waals surface area contributed by atoms with E-state index in [1.165, 1.54) is 4.88 Å². The fourth-order valence-electron chi connectivity index (χ4n) is 4.20. The van der Waals surface area contributed by atoms with Crippen LogP contribution in [0.3, 0.4) is 0 Å². The van der Waals surface area contributed by atoms with Crippen molar-refractivity contribution in [2.24, 2.45) is 0 Å². The van der Waals surface area contributed by atoms with Crippen LogP contribution in [0.5, 0.6) is 0 Å². The Morgan fingerprint density at radius 1 is 1.24 bits per heavy atom. The number of hydrogen-bond acceptors (Lipinski definition) is 5. The minimum atomic E-state index is -1.15. The number of rotatable bonds is 6. The molecule has 2 saturated heterocycles. The fraction of sp³-hybridized carbons (Fsp3) is 0.381. The van der Waals surface area contributed by atoms with E-state index in [-0.39, 0.29) is 18.5 Å². The highest BCUT2D eigenvalue weighted by Gasteiger charge is 2.52. The van der Waals surface area contributed by atoms with Crippen LogP contribution in [0.4, 0.5) is 4.79 Å². The summed E-state index contributed by atoms with van der Waals surface area (Å²) in [5.41, 5.74) is 2.07. The van der Waals surface area contributed by atoms with Crippen LogP contribution in [-0.4, -0.2) is 40.8 Å². The molecule has 0 radical (unpaired) electrons. The molecule has 4 amide bonds. The van der Waals surface area contributed by atoms with Gasteiger partial charge < -0.3 is 5.32 Å². The van der Waals surface area contributed by atoms with Gasteiger partial charge in [-0.05, 0) is 42.8 Å². The summed E-state index contributed by atoms with van der Waals surface area (Å²) in [5, 5.41) is 5.64. The molecule has 3 heterocycles. The van der Waals surface area contributed by atoms with E-state index in [9.17, 15) is 14.4 Å². The van der Waals surface area contributed by atoms with Gasteiger partial charge in [-0.2, -0.15) is 5.01 Å². The third-order valence-corrected chi connectivity index (χ3v) is 6.68. The number of urea groups is 1. The number of hydrazine groups is 1. The van der Waals surface area contributed by atoms with E-state index < -0.39 is 17.5 Å². The van der Waals surface area contributed by atoms with E-state index in [1.807, 2.05) is 48.7 Å². The van der Waals surface area contributed by atoms with Crippen LogP contribution in [0.15, 0.2) is 47.8 Å². The highest BCUT2D eigenvalue weighted by Crippen LogP contribution is 2.34. The van der Waals surface area contributed by atoms with Crippen LogP contribution < -0.4 is 10.7 Å². The van der Waals surface area contributed by atoms with Crippen LogP contribution in [0.1, 0.15) is 42.7 Å². The van der Waals surface area contributed by atoms with E-state index in [4.69, 9.17) is 0 Å². The average molecular weight is 413 g/mol. The number of nitrogens with one attached hydrogen (secondary N) is 2. The van der Waals surface area contributed by atoms with Crippen LogP contribution in [-0.2, 0) is 15.1 Å². The summed E-state index contributed by atoms with van der Waals surface area (Å²) in [6.45, 7) is 2.80. The summed E-state index contributed by atoms with van der Waals surface area (Å²) < 4.78 is 0. The maximum absolute atomic E-state index is 13.1. The SMILES string of the molecule is CCC1(c2ccccc2)NC(=O)N(NC(=O)CN2CCCC2c2cccs2)C1=O. The number of hydrogen-bond donors (Lipinski definition) is 2. The smallest absolute Gasteiger partial charge is 0.318 e. The maximum Gasteiger partial charge on any atom is 0.344 e. The highest BCUT2D eigenvalue weighted by atomic mass is 32.1. The second-order valence-electron chi connectivity index (χ2n) is 7.37. The fourth-order valence-corrected chi connectivity index (χ4v) is 5.10. The van der Waals surface area contributed by atoms with Gasteiger partial charge in [0.25, 0.3) is 11.8 Å². The molecule has 29 heavy (non-hydrogen) atoms. The largest absolute Gasteiger partial charge is 0.344 e. The highest BCUT2D eigenvalue weighted by molar-refractivity contribution is 7.10. The maximum atomic E-state index is 13.1. The first-order valence-electron chi connectivity index (χ1n) is 9.84. The number of imide groups is 1. The van der Waals surface area contributed by atoms with Gasteiger partial charge in [0, 0.05) is 10.9 Å². The first-order valence-corrected chi connectivity index (χ1v) is 10.7. The Morgan fingerprint density at radius 3 is 2.72 bits per heavy atom. The van der Waals surface area contributed by atoms with Crippen molar-refractivity contribution < 1.29 is 14.4 Å². The molecule has 2 unspecified atom stereocenters. The van der Waals surface area contributed by atoms with Crippen molar-refractivity contribution in [3.8, 4) is 0 Å². The van der Waals surface area contributed by atoms with Crippen molar-refractivity contribution in [1.29, 1.82) is 0 Å². The minimum Gasteiger partial charge on any atom is -0.318 e. The molecule has 4 rings (SSSR count). The van der Waals surface area contributed by atoms with E-state index in [0.717, 1.165) is 24.4 Å². The first kappa shape index (κ1) is 19.6. The summed E-state index contributed by atoms with van der Waals surface area (Å²) >= 11 is 1.68. The molecule has 2 atom stereocenters. The minimum absolute atomic E-state index is 0.143. The monoisotopic (exact) mass is 412 g/mol. The Labute approximate surface area is 173 Å². The van der Waals surface area contributed by atoms with Crippen molar-refractivity contribution >= 4 is 29.2 Å². The lowest BCUT2D eigenvalue weighted by molar-refractivity contribution is -0.140. The molecule has 152 valence electrons. The van der Waals surface area contributed by atoms with Crippen LogP contribution in [0.2, 0.25) is 0 Å². The van der Waals surface area contributed by atoms with E-state index in [2.05, 4.69) is 21.7 Å². The lowest BCUT2D eigenvalue weighted by Crippen LogP contribution is -2.51. The molecule has 2 N–H and O–H groups in total. The van der Waals surface area contributed by atoms with Crippen molar-refractivity contribution in [1.82, 2.24) is 20.7 Å². The number of carbonyl (C=O) groups excluding carboxylic acids is 3. The number of nitrogens with zero attached hydrogens (tertiary/aromatic N) is 2. The molecule has 2 fully saturated rings. The Bertz CT molecular complexity index is 902. The molecule has 8 heteroatoms. The van der Waals surface area contributed by atoms with Gasteiger partial charge in [-0.3, -0.25) is 19.9 Å². The van der Waals surface area contributed by atoms with Gasteiger partial charge in [0.15, 0.2) is 0 Å². The number of amides is 4. The Morgan fingerprint density at radius 2 is 2.03 bits per heavy atom. The number of benzene rings is 1. The summed E-state index contributed by atoms with van der Waals surface area (Å²) in [7, 11) is 0. The second-order valence-corrected chi connectivity index (χ2v) is 8.35. The lowest BCUT2D eigenvalue weighted by Gasteiger charge is -2.26. The summed E-state index contributed by atoms with van der Waals surface area (Å²) in [4.78, 5) is 41.6. The zero-order chi connectivity index (χ0) is 20.4. The van der Waals surface area contributed by atoms with Gasteiger partial charge in [0.2, 0.25) is 0 Å². The normalized spacial score (nSPS) is 24.7. The summed E-state index contributed by atoms with van der Waals surface area (Å²) in [6, 6.07) is 12.8. The van der Waals surface area contributed by atoms with Crippen molar-refractivity contribution in [2.45, 2.75) is 37.8 Å². The molecule has 1 aromatic carbocycles.